The summed E-state index contributed by atoms with van der Waals surface area (Å²) < 4.78 is 12.9. The van der Waals surface area contributed by atoms with Crippen LogP contribution in [0.25, 0.3) is 22.4 Å². The number of furan rings is 1. The van der Waals surface area contributed by atoms with Crippen LogP contribution in [0.3, 0.4) is 0 Å². The predicted octanol–water partition coefficient (Wildman–Crippen LogP) is 4.48. The highest BCUT2D eigenvalue weighted by atomic mass is 32.1. The van der Waals surface area contributed by atoms with Gasteiger partial charge in [0.1, 0.15) is 11.3 Å². The van der Waals surface area contributed by atoms with Crippen molar-refractivity contribution >= 4 is 28.5 Å². The Balaban J connectivity index is 1.82. The van der Waals surface area contributed by atoms with E-state index in [9.17, 15) is 5.11 Å². The molecule has 0 atom stereocenters. The zero-order valence-corrected chi connectivity index (χ0v) is 16.3. The summed E-state index contributed by atoms with van der Waals surface area (Å²) in [6, 6.07) is 15.1. The van der Waals surface area contributed by atoms with Gasteiger partial charge in [-0.25, -0.2) is 4.68 Å². The smallest absolute Gasteiger partial charge is 0.206 e. The van der Waals surface area contributed by atoms with Crippen molar-refractivity contribution in [3.05, 3.63) is 64.3 Å². The van der Waals surface area contributed by atoms with E-state index in [1.54, 1.807) is 29.1 Å². The van der Waals surface area contributed by atoms with Gasteiger partial charge in [0, 0.05) is 22.9 Å². The third kappa shape index (κ3) is 3.32. The summed E-state index contributed by atoms with van der Waals surface area (Å²) >= 11 is 1.49. The van der Waals surface area contributed by atoms with Crippen LogP contribution in [0.4, 0.5) is 0 Å². The number of phenols is 1. The zero-order valence-electron chi connectivity index (χ0n) is 15.5. The number of hydrogen-bond donors (Lipinski definition) is 1. The third-order valence-corrected chi connectivity index (χ3v) is 5.07. The lowest BCUT2D eigenvalue weighted by atomic mass is 10.2. The summed E-state index contributed by atoms with van der Waals surface area (Å²) in [5, 5.41) is 17.9. The Morgan fingerprint density at radius 1 is 1.21 bits per heavy atom. The number of thiazole rings is 1. The number of phenolic OH excluding ortho intramolecular Hbond substituents is 1. The molecule has 4 aromatic rings. The van der Waals surface area contributed by atoms with E-state index in [0.29, 0.717) is 23.6 Å². The molecule has 2 aromatic carbocycles. The van der Waals surface area contributed by atoms with Crippen LogP contribution in [-0.4, -0.2) is 29.7 Å². The lowest BCUT2D eigenvalue weighted by Gasteiger charge is -2.05. The summed E-state index contributed by atoms with van der Waals surface area (Å²) in [7, 11) is 1.52. The summed E-state index contributed by atoms with van der Waals surface area (Å²) in [4.78, 5) is 5.26. The van der Waals surface area contributed by atoms with Gasteiger partial charge in [-0.15, -0.1) is 11.3 Å². The minimum atomic E-state index is 0.0452. The molecule has 0 amide bonds. The fourth-order valence-electron chi connectivity index (χ4n) is 2.86. The van der Waals surface area contributed by atoms with Crippen LogP contribution in [0, 0.1) is 0 Å². The van der Waals surface area contributed by atoms with Crippen molar-refractivity contribution in [2.75, 3.05) is 13.7 Å². The molecule has 0 radical (unpaired) electrons. The largest absolute Gasteiger partial charge is 0.504 e. The van der Waals surface area contributed by atoms with E-state index in [-0.39, 0.29) is 5.75 Å². The SMILES string of the molecule is CCN=c1scc(-c2cc3ccccc3o2)n1N=Cc1cccc(OC)c1O. The second kappa shape index (κ2) is 7.74. The van der Waals surface area contributed by atoms with Gasteiger partial charge in [-0.2, -0.15) is 5.10 Å². The highest BCUT2D eigenvalue weighted by molar-refractivity contribution is 7.07. The maximum absolute atomic E-state index is 10.3. The van der Waals surface area contributed by atoms with Crippen LogP contribution >= 0.6 is 11.3 Å². The molecule has 0 aliphatic carbocycles. The van der Waals surface area contributed by atoms with Crippen LogP contribution in [0.5, 0.6) is 11.5 Å². The number of aromatic hydroxyl groups is 1. The van der Waals surface area contributed by atoms with E-state index >= 15 is 0 Å². The van der Waals surface area contributed by atoms with Crippen molar-refractivity contribution in [1.82, 2.24) is 4.68 Å². The number of fused-ring (bicyclic) bond motifs is 1. The molecule has 0 fully saturated rings. The van der Waals surface area contributed by atoms with Gasteiger partial charge in [0.05, 0.1) is 13.3 Å². The Morgan fingerprint density at radius 2 is 2.07 bits per heavy atom. The molecule has 2 aromatic heterocycles. The van der Waals surface area contributed by atoms with Crippen LogP contribution in [0.15, 0.2) is 68.4 Å². The summed E-state index contributed by atoms with van der Waals surface area (Å²) in [6.07, 6.45) is 1.59. The molecule has 0 saturated heterocycles. The van der Waals surface area contributed by atoms with Crippen molar-refractivity contribution in [1.29, 1.82) is 0 Å². The summed E-state index contributed by atoms with van der Waals surface area (Å²) in [6.45, 7) is 2.61. The maximum atomic E-state index is 10.3. The summed E-state index contributed by atoms with van der Waals surface area (Å²) in [5.74, 6) is 1.15. The number of methoxy groups -OCH3 is 1. The minimum Gasteiger partial charge on any atom is -0.504 e. The Kier molecular flexibility index (Phi) is 4.99. The molecule has 1 N–H and O–H groups in total. The monoisotopic (exact) mass is 393 g/mol. The van der Waals surface area contributed by atoms with Crippen LogP contribution in [0.1, 0.15) is 12.5 Å². The Morgan fingerprint density at radius 3 is 2.86 bits per heavy atom. The molecule has 0 bridgehead atoms. The second-order valence-electron chi connectivity index (χ2n) is 5.98. The molecular formula is C21H19N3O3S. The third-order valence-electron chi connectivity index (χ3n) is 4.22. The first-order chi connectivity index (χ1) is 13.7. The van der Waals surface area contributed by atoms with Gasteiger partial charge in [-0.05, 0) is 31.2 Å². The topological polar surface area (TPSA) is 72.2 Å². The molecule has 0 unspecified atom stereocenters. The number of nitrogens with zero attached hydrogens (tertiary/aromatic N) is 3. The normalized spacial score (nSPS) is 12.3. The molecule has 6 nitrogen and oxygen atoms in total. The molecule has 0 aliphatic heterocycles. The van der Waals surface area contributed by atoms with E-state index in [2.05, 4.69) is 10.1 Å². The number of hydrogen-bond acceptors (Lipinski definition) is 6. The molecule has 0 aliphatic rings. The van der Waals surface area contributed by atoms with Gasteiger partial charge in [-0.3, -0.25) is 4.99 Å². The fourth-order valence-corrected chi connectivity index (χ4v) is 3.74. The first kappa shape index (κ1) is 18.1. The molecule has 4 rings (SSSR count). The number of benzene rings is 2. The Labute approximate surface area is 165 Å². The number of rotatable bonds is 5. The van der Waals surface area contributed by atoms with E-state index in [1.807, 2.05) is 42.6 Å². The molecule has 0 saturated carbocycles. The van der Waals surface area contributed by atoms with E-state index in [4.69, 9.17) is 9.15 Å². The van der Waals surface area contributed by atoms with Gasteiger partial charge in [0.15, 0.2) is 17.3 Å². The van der Waals surface area contributed by atoms with E-state index < -0.39 is 0 Å². The Bertz CT molecular complexity index is 1180. The number of ether oxygens (including phenoxy) is 1. The van der Waals surface area contributed by atoms with Crippen molar-refractivity contribution in [2.24, 2.45) is 10.1 Å². The first-order valence-electron chi connectivity index (χ1n) is 8.81. The molecule has 7 heteroatoms. The quantitative estimate of drug-likeness (QED) is 0.508. The van der Waals surface area contributed by atoms with Gasteiger partial charge in [0.25, 0.3) is 0 Å². The molecule has 2 heterocycles. The average Bonchev–Trinajstić information content (AvgIpc) is 3.31. The average molecular weight is 393 g/mol. The van der Waals surface area contributed by atoms with Crippen LogP contribution in [0.2, 0.25) is 0 Å². The van der Waals surface area contributed by atoms with Crippen molar-refractivity contribution < 1.29 is 14.3 Å². The van der Waals surface area contributed by atoms with Crippen LogP contribution in [-0.2, 0) is 0 Å². The Hall–Kier alpha value is -3.32. The molecule has 142 valence electrons. The van der Waals surface area contributed by atoms with Gasteiger partial charge < -0.3 is 14.3 Å². The van der Waals surface area contributed by atoms with E-state index in [0.717, 1.165) is 21.5 Å². The predicted molar refractivity (Wildman–Crippen MR) is 111 cm³/mol. The van der Waals surface area contributed by atoms with E-state index in [1.165, 1.54) is 18.4 Å². The second-order valence-corrected chi connectivity index (χ2v) is 6.82. The number of para-hydroxylation sites is 2. The lowest BCUT2D eigenvalue weighted by molar-refractivity contribution is 0.373. The number of aromatic nitrogens is 1. The van der Waals surface area contributed by atoms with Crippen molar-refractivity contribution in [3.63, 3.8) is 0 Å². The minimum absolute atomic E-state index is 0.0452. The standard InChI is InChI=1S/C21H19N3O3S/c1-3-22-21-24(23-12-15-8-6-10-18(26-2)20(15)25)16(13-28-21)19-11-14-7-4-5-9-17(14)27-19/h4-13,25H,3H2,1-2H3. The van der Waals surface area contributed by atoms with Gasteiger partial charge in [-0.1, -0.05) is 24.3 Å². The highest BCUT2D eigenvalue weighted by Gasteiger charge is 2.13. The van der Waals surface area contributed by atoms with Crippen LogP contribution < -0.4 is 9.54 Å². The lowest BCUT2D eigenvalue weighted by Crippen LogP contribution is -2.12. The fraction of sp³-hybridized carbons (Fsp3) is 0.143. The molecule has 28 heavy (non-hydrogen) atoms. The zero-order chi connectivity index (χ0) is 19.5. The van der Waals surface area contributed by atoms with Gasteiger partial charge in [0.2, 0.25) is 4.80 Å². The first-order valence-corrected chi connectivity index (χ1v) is 9.69. The van der Waals surface area contributed by atoms with Gasteiger partial charge >= 0.3 is 0 Å². The molecular weight excluding hydrogens is 374 g/mol. The molecule has 0 spiro atoms. The van der Waals surface area contributed by atoms with Crippen molar-refractivity contribution in [2.45, 2.75) is 6.92 Å². The maximum Gasteiger partial charge on any atom is 0.206 e. The highest BCUT2D eigenvalue weighted by Crippen LogP contribution is 2.29. The van der Waals surface area contributed by atoms with Crippen molar-refractivity contribution in [3.8, 4) is 23.0 Å². The summed E-state index contributed by atoms with van der Waals surface area (Å²) in [5.41, 5.74) is 2.17.